The second kappa shape index (κ2) is 5.71. The lowest BCUT2D eigenvalue weighted by atomic mass is 10.3. The van der Waals surface area contributed by atoms with Gasteiger partial charge in [-0.15, -0.1) is 0 Å². The number of ether oxygens (including phenoxy) is 2. The fraction of sp³-hybridized carbons (Fsp3) is 0.0769. The summed E-state index contributed by atoms with van der Waals surface area (Å²) < 4.78 is 11.3. The third-order valence-corrected chi connectivity index (χ3v) is 2.95. The molecular formula is C13H10BrNO4. The Hall–Kier alpha value is -2.08. The van der Waals surface area contributed by atoms with Crippen LogP contribution in [-0.2, 0) is 0 Å². The summed E-state index contributed by atoms with van der Waals surface area (Å²) in [6.07, 6.45) is 1.40. The van der Waals surface area contributed by atoms with Gasteiger partial charge in [-0.3, -0.25) is 0 Å². The average molecular weight is 324 g/mol. The van der Waals surface area contributed by atoms with Crippen LogP contribution in [0.25, 0.3) is 0 Å². The first kappa shape index (κ1) is 13.4. The highest BCUT2D eigenvalue weighted by Gasteiger charge is 2.14. The number of benzene rings is 1. The van der Waals surface area contributed by atoms with Crippen molar-refractivity contribution in [2.24, 2.45) is 0 Å². The molecule has 2 rings (SSSR count). The van der Waals surface area contributed by atoms with Gasteiger partial charge in [0.1, 0.15) is 11.5 Å². The van der Waals surface area contributed by atoms with Gasteiger partial charge in [-0.2, -0.15) is 0 Å². The first-order valence-electron chi connectivity index (χ1n) is 5.31. The molecule has 1 aromatic heterocycles. The predicted molar refractivity (Wildman–Crippen MR) is 72.0 cm³/mol. The van der Waals surface area contributed by atoms with Crippen molar-refractivity contribution in [2.45, 2.75) is 0 Å². The fourth-order valence-electron chi connectivity index (χ4n) is 1.44. The lowest BCUT2D eigenvalue weighted by molar-refractivity contribution is 0.0687. The average Bonchev–Trinajstić information content (AvgIpc) is 2.41. The van der Waals surface area contributed by atoms with E-state index >= 15 is 0 Å². The minimum absolute atomic E-state index is 0.134. The zero-order valence-electron chi connectivity index (χ0n) is 9.96. The van der Waals surface area contributed by atoms with Crippen molar-refractivity contribution in [2.75, 3.05) is 7.11 Å². The number of hydrogen-bond donors (Lipinski definition) is 1. The van der Waals surface area contributed by atoms with E-state index < -0.39 is 5.97 Å². The lowest BCUT2D eigenvalue weighted by Crippen LogP contribution is -2.02. The van der Waals surface area contributed by atoms with E-state index in [2.05, 4.69) is 20.9 Å². The summed E-state index contributed by atoms with van der Waals surface area (Å²) in [5.74, 6) is 0.196. The molecule has 0 unspecified atom stereocenters. The molecule has 6 heteroatoms. The molecule has 0 radical (unpaired) electrons. The number of carbonyl (C=O) groups is 1. The molecule has 1 heterocycles. The molecule has 0 aliphatic carbocycles. The molecule has 2 aromatic rings. The van der Waals surface area contributed by atoms with Crippen LogP contribution in [0.15, 0.2) is 41.0 Å². The van der Waals surface area contributed by atoms with E-state index in [0.717, 1.165) is 0 Å². The predicted octanol–water partition coefficient (Wildman–Crippen LogP) is 3.34. The van der Waals surface area contributed by atoms with Crippen molar-refractivity contribution in [3.63, 3.8) is 0 Å². The molecule has 19 heavy (non-hydrogen) atoms. The second-order valence-corrected chi connectivity index (χ2v) is 4.41. The monoisotopic (exact) mass is 323 g/mol. The van der Waals surface area contributed by atoms with E-state index in [0.29, 0.717) is 16.0 Å². The van der Waals surface area contributed by atoms with Gasteiger partial charge in [-0.25, -0.2) is 9.78 Å². The molecule has 0 saturated heterocycles. The summed E-state index contributed by atoms with van der Waals surface area (Å²) in [5.41, 5.74) is -0.134. The van der Waals surface area contributed by atoms with E-state index in [4.69, 9.17) is 14.6 Å². The van der Waals surface area contributed by atoms with Gasteiger partial charge in [0.25, 0.3) is 0 Å². The number of carboxylic acids is 1. The van der Waals surface area contributed by atoms with Gasteiger partial charge in [-0.05, 0) is 46.3 Å². The van der Waals surface area contributed by atoms with Gasteiger partial charge in [0.05, 0.1) is 11.6 Å². The number of aromatic carboxylic acids is 1. The van der Waals surface area contributed by atoms with Crippen LogP contribution in [0.4, 0.5) is 0 Å². The molecule has 1 aromatic carbocycles. The van der Waals surface area contributed by atoms with Crippen LogP contribution in [0.3, 0.4) is 0 Å². The Morgan fingerprint density at radius 2 is 2.11 bits per heavy atom. The van der Waals surface area contributed by atoms with Gasteiger partial charge in [0, 0.05) is 6.20 Å². The SMILES string of the molecule is COc1ccc(Oc2cccnc2C(=O)O)c(Br)c1. The van der Waals surface area contributed by atoms with E-state index in [9.17, 15) is 4.79 Å². The zero-order chi connectivity index (χ0) is 13.8. The standard InChI is InChI=1S/C13H10BrNO4/c1-18-8-4-5-10(9(14)7-8)19-11-3-2-6-15-12(11)13(16)17/h2-7H,1H3,(H,16,17). The van der Waals surface area contributed by atoms with Crippen LogP contribution in [0, 0.1) is 0 Å². The summed E-state index contributed by atoms with van der Waals surface area (Å²) >= 11 is 3.33. The van der Waals surface area contributed by atoms with E-state index in [1.165, 1.54) is 6.20 Å². The lowest BCUT2D eigenvalue weighted by Gasteiger charge is -2.10. The number of carboxylic acid groups (broad SMARTS) is 1. The quantitative estimate of drug-likeness (QED) is 0.934. The Morgan fingerprint density at radius 3 is 2.74 bits per heavy atom. The van der Waals surface area contributed by atoms with E-state index in [-0.39, 0.29) is 11.4 Å². The molecule has 0 aliphatic rings. The normalized spacial score (nSPS) is 10.0. The van der Waals surface area contributed by atoms with Gasteiger partial charge >= 0.3 is 5.97 Å². The van der Waals surface area contributed by atoms with Crippen molar-refractivity contribution in [1.82, 2.24) is 4.98 Å². The smallest absolute Gasteiger partial charge is 0.358 e. The molecule has 1 N–H and O–H groups in total. The van der Waals surface area contributed by atoms with Crippen molar-refractivity contribution < 1.29 is 19.4 Å². The fourth-order valence-corrected chi connectivity index (χ4v) is 1.88. The number of pyridine rings is 1. The number of methoxy groups -OCH3 is 1. The third kappa shape index (κ3) is 3.03. The van der Waals surface area contributed by atoms with Crippen LogP contribution < -0.4 is 9.47 Å². The van der Waals surface area contributed by atoms with Gasteiger partial charge in [0.2, 0.25) is 0 Å². The largest absolute Gasteiger partial charge is 0.497 e. The maximum Gasteiger partial charge on any atom is 0.358 e. The summed E-state index contributed by atoms with van der Waals surface area (Å²) in [4.78, 5) is 14.8. The summed E-state index contributed by atoms with van der Waals surface area (Å²) in [5, 5.41) is 9.02. The maximum absolute atomic E-state index is 11.0. The van der Waals surface area contributed by atoms with E-state index in [1.807, 2.05) is 0 Å². The Balaban J connectivity index is 2.34. The molecule has 0 fully saturated rings. The number of rotatable bonds is 4. The molecular weight excluding hydrogens is 314 g/mol. The second-order valence-electron chi connectivity index (χ2n) is 3.55. The topological polar surface area (TPSA) is 68.7 Å². The number of nitrogens with zero attached hydrogens (tertiary/aromatic N) is 1. The Kier molecular flexibility index (Phi) is 4.01. The molecule has 0 spiro atoms. The van der Waals surface area contributed by atoms with Crippen molar-refractivity contribution in [3.8, 4) is 17.2 Å². The van der Waals surface area contributed by atoms with Crippen LogP contribution in [0.1, 0.15) is 10.5 Å². The molecule has 5 nitrogen and oxygen atoms in total. The van der Waals surface area contributed by atoms with Crippen LogP contribution in [-0.4, -0.2) is 23.2 Å². The highest BCUT2D eigenvalue weighted by atomic mass is 79.9. The summed E-state index contributed by atoms with van der Waals surface area (Å²) in [6.45, 7) is 0. The number of aromatic nitrogens is 1. The van der Waals surface area contributed by atoms with E-state index in [1.54, 1.807) is 37.4 Å². The van der Waals surface area contributed by atoms with Crippen LogP contribution in [0.2, 0.25) is 0 Å². The molecule has 0 aliphatic heterocycles. The maximum atomic E-state index is 11.0. The van der Waals surface area contributed by atoms with Gasteiger partial charge in [0.15, 0.2) is 11.4 Å². The van der Waals surface area contributed by atoms with Crippen LogP contribution >= 0.6 is 15.9 Å². The number of hydrogen-bond acceptors (Lipinski definition) is 4. The first-order chi connectivity index (χ1) is 9.11. The van der Waals surface area contributed by atoms with Gasteiger partial charge in [-0.1, -0.05) is 0 Å². The molecule has 0 atom stereocenters. The molecule has 0 bridgehead atoms. The van der Waals surface area contributed by atoms with Crippen molar-refractivity contribution in [3.05, 3.63) is 46.7 Å². The summed E-state index contributed by atoms with van der Waals surface area (Å²) in [6, 6.07) is 8.29. The summed E-state index contributed by atoms with van der Waals surface area (Å²) in [7, 11) is 1.56. The highest BCUT2D eigenvalue weighted by Crippen LogP contribution is 2.33. The Bertz CT molecular complexity index is 615. The molecule has 0 saturated carbocycles. The first-order valence-corrected chi connectivity index (χ1v) is 6.11. The zero-order valence-corrected chi connectivity index (χ0v) is 11.5. The minimum Gasteiger partial charge on any atom is -0.497 e. The molecule has 0 amide bonds. The van der Waals surface area contributed by atoms with Crippen molar-refractivity contribution >= 4 is 21.9 Å². The Morgan fingerprint density at radius 1 is 1.32 bits per heavy atom. The van der Waals surface area contributed by atoms with Gasteiger partial charge < -0.3 is 14.6 Å². The third-order valence-electron chi connectivity index (χ3n) is 2.33. The van der Waals surface area contributed by atoms with Crippen LogP contribution in [0.5, 0.6) is 17.2 Å². The highest BCUT2D eigenvalue weighted by molar-refractivity contribution is 9.10. The number of halogens is 1. The minimum atomic E-state index is -1.14. The Labute approximate surface area is 117 Å². The molecule has 98 valence electrons. The van der Waals surface area contributed by atoms with Crippen molar-refractivity contribution in [1.29, 1.82) is 0 Å².